The summed E-state index contributed by atoms with van der Waals surface area (Å²) < 4.78 is 5.42. The van der Waals surface area contributed by atoms with Gasteiger partial charge in [-0.3, -0.25) is 19.5 Å². The Hall–Kier alpha value is -0.950. The molecule has 0 atom stereocenters. The third-order valence-corrected chi connectivity index (χ3v) is 7.02. The van der Waals surface area contributed by atoms with Crippen molar-refractivity contribution >= 4 is 22.2 Å². The average Bonchev–Trinajstić information content (AvgIpc) is 3.00. The van der Waals surface area contributed by atoms with Crippen LogP contribution in [0.4, 0.5) is 5.00 Å². The van der Waals surface area contributed by atoms with E-state index in [-0.39, 0.29) is 5.91 Å². The molecule has 5 nitrogen and oxygen atoms in total. The molecule has 0 spiro atoms. The van der Waals surface area contributed by atoms with Crippen LogP contribution in [0.1, 0.15) is 42.2 Å². The zero-order valence-corrected chi connectivity index (χ0v) is 16.1. The summed E-state index contributed by atoms with van der Waals surface area (Å²) in [6, 6.07) is 0. The molecule has 0 radical (unpaired) electrons. The molecule has 0 unspecified atom stereocenters. The molecule has 1 aromatic heterocycles. The lowest BCUT2D eigenvalue weighted by Crippen LogP contribution is -2.45. The number of aryl methyl sites for hydroxylation is 1. The van der Waals surface area contributed by atoms with Gasteiger partial charge in [0.15, 0.2) is 0 Å². The second-order valence-electron chi connectivity index (χ2n) is 7.44. The molecule has 138 valence electrons. The Morgan fingerprint density at radius 2 is 1.84 bits per heavy atom. The summed E-state index contributed by atoms with van der Waals surface area (Å²) in [7, 11) is 0. The first-order valence-electron chi connectivity index (χ1n) is 9.66. The van der Waals surface area contributed by atoms with E-state index in [1.807, 2.05) is 16.2 Å². The van der Waals surface area contributed by atoms with Crippen LogP contribution in [0.25, 0.3) is 0 Å². The van der Waals surface area contributed by atoms with Crippen LogP contribution in [0.3, 0.4) is 0 Å². The first-order chi connectivity index (χ1) is 12.2. The Bertz CT molecular complexity index is 624. The maximum Gasteiger partial charge on any atom is 0.225 e. The summed E-state index contributed by atoms with van der Waals surface area (Å²) in [5.41, 5.74) is 3.02. The molecule has 1 aliphatic carbocycles. The van der Waals surface area contributed by atoms with E-state index in [9.17, 15) is 4.79 Å². The van der Waals surface area contributed by atoms with Crippen molar-refractivity contribution in [2.24, 2.45) is 0 Å². The van der Waals surface area contributed by atoms with Gasteiger partial charge in [0.05, 0.1) is 19.9 Å². The number of hydrogen-bond donors (Lipinski definition) is 0. The van der Waals surface area contributed by atoms with Gasteiger partial charge in [-0.2, -0.15) is 0 Å². The predicted octanol–water partition coefficient (Wildman–Crippen LogP) is 2.48. The Morgan fingerprint density at radius 1 is 1.08 bits per heavy atom. The van der Waals surface area contributed by atoms with Gasteiger partial charge in [0, 0.05) is 43.5 Å². The molecule has 1 aromatic rings. The first kappa shape index (κ1) is 17.5. The highest BCUT2D eigenvalue weighted by Crippen LogP contribution is 2.43. The van der Waals surface area contributed by atoms with E-state index in [1.165, 1.54) is 41.1 Å². The van der Waals surface area contributed by atoms with E-state index in [0.717, 1.165) is 59.0 Å². The van der Waals surface area contributed by atoms with Crippen molar-refractivity contribution in [1.29, 1.82) is 0 Å². The smallest absolute Gasteiger partial charge is 0.225 e. The number of fused-ring (bicyclic) bond motifs is 3. The summed E-state index contributed by atoms with van der Waals surface area (Å²) in [4.78, 5) is 20.7. The Kier molecular flexibility index (Phi) is 5.41. The molecule has 0 saturated carbocycles. The van der Waals surface area contributed by atoms with Crippen molar-refractivity contribution in [3.63, 3.8) is 0 Å². The molecule has 1 amide bonds. The molecule has 0 N–H and O–H groups in total. The molecule has 0 aromatic carbocycles. The van der Waals surface area contributed by atoms with E-state index < -0.39 is 0 Å². The van der Waals surface area contributed by atoms with Crippen LogP contribution in [-0.2, 0) is 28.9 Å². The quantitative estimate of drug-likeness (QED) is 0.823. The van der Waals surface area contributed by atoms with Crippen molar-refractivity contribution in [3.8, 4) is 0 Å². The van der Waals surface area contributed by atoms with Crippen LogP contribution < -0.4 is 4.90 Å². The van der Waals surface area contributed by atoms with Gasteiger partial charge in [-0.05, 0) is 44.2 Å². The molecular weight excluding hydrogens is 334 g/mol. The lowest BCUT2D eigenvalue weighted by atomic mass is 9.94. The van der Waals surface area contributed by atoms with Crippen molar-refractivity contribution in [2.45, 2.75) is 45.6 Å². The van der Waals surface area contributed by atoms with Gasteiger partial charge in [0.1, 0.15) is 5.00 Å². The summed E-state index contributed by atoms with van der Waals surface area (Å²) in [6.07, 6.45) is 6.17. The second-order valence-corrected chi connectivity index (χ2v) is 8.53. The van der Waals surface area contributed by atoms with Gasteiger partial charge in [-0.25, -0.2) is 0 Å². The Balaban J connectivity index is 1.43. The minimum absolute atomic E-state index is 0.178. The molecule has 0 bridgehead atoms. The fourth-order valence-electron chi connectivity index (χ4n) is 4.27. The molecule has 4 rings (SSSR count). The van der Waals surface area contributed by atoms with Crippen LogP contribution in [0.5, 0.6) is 0 Å². The van der Waals surface area contributed by atoms with E-state index in [1.54, 1.807) is 12.5 Å². The molecule has 25 heavy (non-hydrogen) atoms. The average molecular weight is 364 g/mol. The van der Waals surface area contributed by atoms with Crippen LogP contribution in [-0.4, -0.2) is 61.8 Å². The number of anilines is 1. The highest BCUT2D eigenvalue weighted by atomic mass is 32.1. The van der Waals surface area contributed by atoms with Crippen LogP contribution >= 0.6 is 11.3 Å². The maximum atomic E-state index is 12.2. The van der Waals surface area contributed by atoms with Gasteiger partial charge in [-0.15, -0.1) is 11.3 Å². The minimum Gasteiger partial charge on any atom is -0.379 e. The Labute approximate surface area is 154 Å². The number of hydrogen-bond acceptors (Lipinski definition) is 5. The molecule has 1 saturated heterocycles. The number of thiophene rings is 1. The summed E-state index contributed by atoms with van der Waals surface area (Å²) in [5, 5.41) is 1.24. The summed E-state index contributed by atoms with van der Waals surface area (Å²) >= 11 is 1.88. The monoisotopic (exact) mass is 363 g/mol. The first-order valence-corrected chi connectivity index (χ1v) is 10.5. The zero-order valence-electron chi connectivity index (χ0n) is 15.3. The van der Waals surface area contributed by atoms with Gasteiger partial charge >= 0.3 is 0 Å². The van der Waals surface area contributed by atoms with Crippen molar-refractivity contribution < 1.29 is 9.53 Å². The van der Waals surface area contributed by atoms with E-state index >= 15 is 0 Å². The molecular formula is C19H29N3O2S. The molecule has 1 fully saturated rings. The third kappa shape index (κ3) is 3.77. The normalized spacial score (nSPS) is 21.9. The van der Waals surface area contributed by atoms with E-state index in [0.29, 0.717) is 0 Å². The molecule has 3 aliphatic rings. The Morgan fingerprint density at radius 3 is 2.64 bits per heavy atom. The number of ether oxygens (including phenoxy) is 1. The maximum absolute atomic E-state index is 12.2. The SMILES string of the molecule is CC(=O)N1CN(CCCN2CCOCC2)Cc2c1sc1c2CCCC1. The molecule has 6 heteroatoms. The largest absolute Gasteiger partial charge is 0.379 e. The minimum atomic E-state index is 0.178. The molecule has 3 heterocycles. The predicted molar refractivity (Wildman–Crippen MR) is 101 cm³/mol. The highest BCUT2D eigenvalue weighted by molar-refractivity contribution is 7.16. The van der Waals surface area contributed by atoms with Crippen LogP contribution in [0.15, 0.2) is 0 Å². The van der Waals surface area contributed by atoms with Gasteiger partial charge in [0.2, 0.25) is 5.91 Å². The number of carbonyl (C=O) groups excluding carboxylic acids is 1. The van der Waals surface area contributed by atoms with Gasteiger partial charge in [-0.1, -0.05) is 0 Å². The fraction of sp³-hybridized carbons (Fsp3) is 0.737. The topological polar surface area (TPSA) is 36.0 Å². The standard InChI is InChI=1S/C19H29N3O2S/c1-15(23)22-14-21(8-4-7-20-9-11-24-12-10-20)13-17-16-5-2-3-6-18(16)25-19(17)22/h2-14H2,1H3. The number of amides is 1. The number of rotatable bonds is 4. The van der Waals surface area contributed by atoms with Crippen molar-refractivity contribution in [3.05, 3.63) is 16.0 Å². The third-order valence-electron chi connectivity index (χ3n) is 5.66. The summed E-state index contributed by atoms with van der Waals surface area (Å²) in [5.74, 6) is 0.178. The second kappa shape index (κ2) is 7.74. The van der Waals surface area contributed by atoms with E-state index in [4.69, 9.17) is 4.74 Å². The highest BCUT2D eigenvalue weighted by Gasteiger charge is 2.31. The van der Waals surface area contributed by atoms with Crippen LogP contribution in [0, 0.1) is 0 Å². The number of morpholine rings is 1. The number of nitrogens with zero attached hydrogens (tertiary/aromatic N) is 3. The fourth-order valence-corrected chi connectivity index (χ4v) is 5.71. The zero-order chi connectivity index (χ0) is 17.2. The van der Waals surface area contributed by atoms with Crippen molar-refractivity contribution in [1.82, 2.24) is 9.80 Å². The lowest BCUT2D eigenvalue weighted by Gasteiger charge is -2.36. The van der Waals surface area contributed by atoms with Crippen LogP contribution in [0.2, 0.25) is 0 Å². The van der Waals surface area contributed by atoms with Gasteiger partial charge < -0.3 is 4.74 Å². The summed E-state index contributed by atoms with van der Waals surface area (Å²) in [6.45, 7) is 9.53. The van der Waals surface area contributed by atoms with Gasteiger partial charge in [0.25, 0.3) is 0 Å². The van der Waals surface area contributed by atoms with Crippen molar-refractivity contribution in [2.75, 3.05) is 51.0 Å². The lowest BCUT2D eigenvalue weighted by molar-refractivity contribution is -0.117. The van der Waals surface area contributed by atoms with E-state index in [2.05, 4.69) is 9.80 Å². The molecule has 2 aliphatic heterocycles. The number of carbonyl (C=O) groups is 1.